The maximum Gasteiger partial charge on any atom is 0.253 e. The number of para-hydroxylation sites is 1. The molecule has 0 saturated heterocycles. The van der Waals surface area contributed by atoms with Crippen molar-refractivity contribution in [2.75, 3.05) is 0 Å². The summed E-state index contributed by atoms with van der Waals surface area (Å²) in [6.07, 6.45) is 0. The van der Waals surface area contributed by atoms with Crippen molar-refractivity contribution in [2.45, 2.75) is 20.4 Å². The summed E-state index contributed by atoms with van der Waals surface area (Å²) in [5, 5.41) is 8.09. The molecule has 4 nitrogen and oxygen atoms in total. The lowest BCUT2D eigenvalue weighted by molar-refractivity contribution is 0.0951. The van der Waals surface area contributed by atoms with Gasteiger partial charge < -0.3 is 5.32 Å². The molecule has 3 aromatic rings. The van der Waals surface area contributed by atoms with Crippen molar-refractivity contribution in [3.8, 4) is 5.69 Å². The smallest absolute Gasteiger partial charge is 0.253 e. The lowest BCUT2D eigenvalue weighted by atomic mass is 10.1. The summed E-state index contributed by atoms with van der Waals surface area (Å²) >= 11 is 12.1. The van der Waals surface area contributed by atoms with Crippen LogP contribution in [0.3, 0.4) is 0 Å². The van der Waals surface area contributed by atoms with Crippen molar-refractivity contribution in [1.82, 2.24) is 15.1 Å². The first-order valence-electron chi connectivity index (χ1n) is 7.81. The van der Waals surface area contributed by atoms with E-state index in [1.807, 2.05) is 48.9 Å². The number of aromatic nitrogens is 2. The zero-order chi connectivity index (χ0) is 18.0. The third-order valence-corrected chi connectivity index (χ3v) is 4.88. The van der Waals surface area contributed by atoms with Crippen molar-refractivity contribution in [1.29, 1.82) is 0 Å². The number of carbonyl (C=O) groups excluding carboxylic acids is 1. The van der Waals surface area contributed by atoms with E-state index in [1.54, 1.807) is 18.2 Å². The molecule has 0 aliphatic rings. The zero-order valence-electron chi connectivity index (χ0n) is 13.9. The fourth-order valence-electron chi connectivity index (χ4n) is 2.69. The Morgan fingerprint density at radius 1 is 1.08 bits per heavy atom. The number of amides is 1. The molecule has 25 heavy (non-hydrogen) atoms. The number of benzene rings is 2. The van der Waals surface area contributed by atoms with Gasteiger partial charge in [0.25, 0.3) is 5.91 Å². The second kappa shape index (κ2) is 7.30. The first-order valence-corrected chi connectivity index (χ1v) is 8.57. The zero-order valence-corrected chi connectivity index (χ0v) is 15.4. The van der Waals surface area contributed by atoms with Gasteiger partial charge in [0, 0.05) is 17.8 Å². The van der Waals surface area contributed by atoms with Crippen molar-refractivity contribution >= 4 is 29.1 Å². The van der Waals surface area contributed by atoms with Crippen LogP contribution in [0, 0.1) is 13.8 Å². The van der Waals surface area contributed by atoms with Gasteiger partial charge in [-0.05, 0) is 38.1 Å². The molecule has 6 heteroatoms. The maximum atomic E-state index is 12.4. The molecule has 3 rings (SSSR count). The molecule has 0 saturated carbocycles. The largest absolute Gasteiger partial charge is 0.348 e. The number of carbonyl (C=O) groups is 1. The van der Waals surface area contributed by atoms with Crippen LogP contribution >= 0.6 is 23.2 Å². The Kier molecular flexibility index (Phi) is 5.11. The van der Waals surface area contributed by atoms with Gasteiger partial charge in [-0.15, -0.1) is 0 Å². The molecule has 0 unspecified atom stereocenters. The fourth-order valence-corrected chi connectivity index (χ4v) is 3.08. The molecule has 1 N–H and O–H groups in total. The van der Waals surface area contributed by atoms with Crippen molar-refractivity contribution in [3.63, 3.8) is 0 Å². The van der Waals surface area contributed by atoms with E-state index in [9.17, 15) is 4.79 Å². The summed E-state index contributed by atoms with van der Waals surface area (Å²) in [7, 11) is 0. The van der Waals surface area contributed by atoms with E-state index in [1.165, 1.54) is 0 Å². The average molecular weight is 374 g/mol. The van der Waals surface area contributed by atoms with Gasteiger partial charge in [-0.25, -0.2) is 4.68 Å². The highest BCUT2D eigenvalue weighted by molar-refractivity contribution is 6.43. The van der Waals surface area contributed by atoms with Crippen LogP contribution < -0.4 is 5.32 Å². The Morgan fingerprint density at radius 2 is 1.80 bits per heavy atom. The number of halogens is 2. The topological polar surface area (TPSA) is 46.9 Å². The number of hydrogen-bond acceptors (Lipinski definition) is 2. The van der Waals surface area contributed by atoms with Gasteiger partial charge in [0.2, 0.25) is 0 Å². The Labute approximate surface area is 156 Å². The first-order chi connectivity index (χ1) is 12.0. The van der Waals surface area contributed by atoms with E-state index in [2.05, 4.69) is 10.4 Å². The molecule has 0 aliphatic carbocycles. The van der Waals surface area contributed by atoms with E-state index in [0.29, 0.717) is 17.1 Å². The maximum absolute atomic E-state index is 12.4. The molecule has 0 radical (unpaired) electrons. The molecule has 0 atom stereocenters. The van der Waals surface area contributed by atoms with Crippen molar-refractivity contribution in [2.24, 2.45) is 0 Å². The van der Waals surface area contributed by atoms with Gasteiger partial charge in [0.15, 0.2) is 0 Å². The van der Waals surface area contributed by atoms with Crippen LogP contribution in [0.1, 0.15) is 27.3 Å². The molecule has 1 aromatic heterocycles. The molecular formula is C19H17Cl2N3O. The van der Waals surface area contributed by atoms with Gasteiger partial charge >= 0.3 is 0 Å². The summed E-state index contributed by atoms with van der Waals surface area (Å²) in [5.74, 6) is -0.265. The Balaban J connectivity index is 1.81. The number of rotatable bonds is 4. The minimum absolute atomic E-state index is 0.259. The molecule has 2 aromatic carbocycles. The van der Waals surface area contributed by atoms with Crippen molar-refractivity contribution in [3.05, 3.63) is 81.1 Å². The Bertz CT molecular complexity index is 920. The van der Waals surface area contributed by atoms with Crippen LogP contribution in [0.5, 0.6) is 0 Å². The molecule has 0 aliphatic heterocycles. The van der Waals surface area contributed by atoms with E-state index in [0.717, 1.165) is 22.6 Å². The minimum Gasteiger partial charge on any atom is -0.348 e. The van der Waals surface area contributed by atoms with Gasteiger partial charge in [-0.3, -0.25) is 4.79 Å². The summed E-state index contributed by atoms with van der Waals surface area (Å²) in [4.78, 5) is 12.4. The lowest BCUT2D eigenvalue weighted by Gasteiger charge is -2.09. The normalized spacial score (nSPS) is 10.7. The molecule has 0 bridgehead atoms. The summed E-state index contributed by atoms with van der Waals surface area (Å²) in [6, 6.07) is 14.9. The third kappa shape index (κ3) is 3.55. The fraction of sp³-hybridized carbons (Fsp3) is 0.158. The average Bonchev–Trinajstić information content (AvgIpc) is 2.90. The van der Waals surface area contributed by atoms with Gasteiger partial charge in [-0.1, -0.05) is 47.5 Å². The molecular weight excluding hydrogens is 357 g/mol. The molecule has 0 spiro atoms. The highest BCUT2D eigenvalue weighted by Crippen LogP contribution is 2.25. The van der Waals surface area contributed by atoms with Crippen LogP contribution in [0.2, 0.25) is 10.0 Å². The predicted octanol–water partition coefficient (Wildman–Crippen LogP) is 4.73. The van der Waals surface area contributed by atoms with Crippen molar-refractivity contribution < 1.29 is 4.79 Å². The predicted molar refractivity (Wildman–Crippen MR) is 101 cm³/mol. The number of hydrogen-bond donors (Lipinski definition) is 1. The minimum atomic E-state index is -0.265. The lowest BCUT2D eigenvalue weighted by Crippen LogP contribution is -2.23. The summed E-state index contributed by atoms with van der Waals surface area (Å²) < 4.78 is 1.88. The van der Waals surface area contributed by atoms with E-state index in [-0.39, 0.29) is 10.9 Å². The third-order valence-electron chi connectivity index (χ3n) is 4.06. The SMILES string of the molecule is Cc1nn(-c2ccccc2)c(C)c1CNC(=O)c1cccc(Cl)c1Cl. The van der Waals surface area contributed by atoms with E-state index < -0.39 is 0 Å². The monoisotopic (exact) mass is 373 g/mol. The first kappa shape index (κ1) is 17.5. The molecule has 1 amide bonds. The standard InChI is InChI=1S/C19H17Cl2N3O/c1-12-16(13(2)24(23-12)14-7-4-3-5-8-14)11-22-19(25)15-9-6-10-17(20)18(15)21/h3-10H,11H2,1-2H3,(H,22,25). The molecule has 128 valence electrons. The highest BCUT2D eigenvalue weighted by Gasteiger charge is 2.16. The van der Waals surface area contributed by atoms with Crippen LogP contribution in [0.15, 0.2) is 48.5 Å². The quantitative estimate of drug-likeness (QED) is 0.718. The van der Waals surface area contributed by atoms with E-state index >= 15 is 0 Å². The van der Waals surface area contributed by atoms with Crippen LogP contribution in [0.4, 0.5) is 0 Å². The van der Waals surface area contributed by atoms with Crippen LogP contribution in [0.25, 0.3) is 5.69 Å². The Hall–Kier alpha value is -2.30. The molecule has 0 fully saturated rings. The summed E-state index contributed by atoms with van der Waals surface area (Å²) in [6.45, 7) is 4.29. The van der Waals surface area contributed by atoms with E-state index in [4.69, 9.17) is 23.2 Å². The summed E-state index contributed by atoms with van der Waals surface area (Å²) in [5.41, 5.74) is 4.19. The number of aryl methyl sites for hydroxylation is 1. The van der Waals surface area contributed by atoms with Gasteiger partial charge in [-0.2, -0.15) is 5.10 Å². The van der Waals surface area contributed by atoms with Crippen LogP contribution in [-0.4, -0.2) is 15.7 Å². The molecule has 1 heterocycles. The highest BCUT2D eigenvalue weighted by atomic mass is 35.5. The Morgan fingerprint density at radius 3 is 2.52 bits per heavy atom. The van der Waals surface area contributed by atoms with Gasteiger partial charge in [0.1, 0.15) is 0 Å². The number of nitrogens with one attached hydrogen (secondary N) is 1. The second-order valence-corrected chi connectivity index (χ2v) is 6.47. The van der Waals surface area contributed by atoms with Gasteiger partial charge in [0.05, 0.1) is 27.0 Å². The van der Waals surface area contributed by atoms with Crippen LogP contribution in [-0.2, 0) is 6.54 Å². The number of nitrogens with zero attached hydrogens (tertiary/aromatic N) is 2. The second-order valence-electron chi connectivity index (χ2n) is 5.68.